The zero-order chi connectivity index (χ0) is 18.4. The first-order chi connectivity index (χ1) is 12.7. The van der Waals surface area contributed by atoms with E-state index < -0.39 is 0 Å². The molecule has 6 heteroatoms. The minimum Gasteiger partial charge on any atom is -0.328 e. The van der Waals surface area contributed by atoms with Gasteiger partial charge in [0.1, 0.15) is 0 Å². The van der Waals surface area contributed by atoms with Crippen molar-refractivity contribution in [3.63, 3.8) is 0 Å². The highest BCUT2D eigenvalue weighted by Gasteiger charge is 2.15. The van der Waals surface area contributed by atoms with Gasteiger partial charge in [-0.15, -0.1) is 0 Å². The number of nitrogens with zero attached hydrogens (tertiary/aromatic N) is 3. The molecule has 0 unspecified atom stereocenters. The van der Waals surface area contributed by atoms with Crippen LogP contribution in [0.4, 0.5) is 5.69 Å². The van der Waals surface area contributed by atoms with Gasteiger partial charge in [0.05, 0.1) is 11.6 Å². The molecule has 0 radical (unpaired) electrons. The summed E-state index contributed by atoms with van der Waals surface area (Å²) in [6.45, 7) is 0.331. The Morgan fingerprint density at radius 2 is 1.92 bits per heavy atom. The number of carbonyl (C=O) groups is 2. The monoisotopic (exact) mass is 344 g/mol. The molecular formula is C20H16N4O2. The fraction of sp³-hybridized carbons (Fsp3) is 0.100. The van der Waals surface area contributed by atoms with E-state index in [1.54, 1.807) is 65.5 Å². The minimum atomic E-state index is -0.202. The third-order valence-corrected chi connectivity index (χ3v) is 3.81. The predicted octanol–water partition coefficient (Wildman–Crippen LogP) is 3.01. The van der Waals surface area contributed by atoms with Crippen LogP contribution in [0.3, 0.4) is 0 Å². The van der Waals surface area contributed by atoms with Crippen molar-refractivity contribution in [1.82, 2.24) is 9.55 Å². The van der Waals surface area contributed by atoms with E-state index in [0.29, 0.717) is 29.2 Å². The summed E-state index contributed by atoms with van der Waals surface area (Å²) in [5, 5.41) is 11.6. The van der Waals surface area contributed by atoms with Crippen molar-refractivity contribution < 1.29 is 9.59 Å². The Bertz CT molecular complexity index is 971. The molecule has 0 aliphatic heterocycles. The molecule has 0 spiro atoms. The Morgan fingerprint density at radius 3 is 2.69 bits per heavy atom. The lowest BCUT2D eigenvalue weighted by molar-refractivity contribution is -0.116. The summed E-state index contributed by atoms with van der Waals surface area (Å²) < 4.78 is 1.67. The van der Waals surface area contributed by atoms with E-state index in [1.807, 2.05) is 12.1 Å². The summed E-state index contributed by atoms with van der Waals surface area (Å²) in [4.78, 5) is 28.8. The summed E-state index contributed by atoms with van der Waals surface area (Å²) >= 11 is 0. The molecule has 1 aromatic heterocycles. The molecule has 1 N–H and O–H groups in total. The van der Waals surface area contributed by atoms with E-state index in [4.69, 9.17) is 5.26 Å². The van der Waals surface area contributed by atoms with Crippen molar-refractivity contribution >= 4 is 17.4 Å². The lowest BCUT2D eigenvalue weighted by atomic mass is 10.1. The van der Waals surface area contributed by atoms with E-state index in [1.165, 1.54) is 0 Å². The number of carbonyl (C=O) groups excluding carboxylic acids is 2. The minimum absolute atomic E-state index is 0.183. The average Bonchev–Trinajstić information content (AvgIpc) is 3.15. The second kappa shape index (κ2) is 7.90. The quantitative estimate of drug-likeness (QED) is 0.696. The van der Waals surface area contributed by atoms with Gasteiger partial charge in [0.25, 0.3) is 0 Å². The molecule has 6 nitrogen and oxygen atoms in total. The van der Waals surface area contributed by atoms with Crippen LogP contribution in [0.1, 0.15) is 28.2 Å². The van der Waals surface area contributed by atoms with E-state index in [2.05, 4.69) is 10.3 Å². The number of hydrogen-bond donors (Lipinski definition) is 1. The second-order valence-corrected chi connectivity index (χ2v) is 5.63. The van der Waals surface area contributed by atoms with Crippen molar-refractivity contribution in [2.24, 2.45) is 0 Å². The molecule has 3 rings (SSSR count). The number of hydrogen-bond acceptors (Lipinski definition) is 4. The van der Waals surface area contributed by atoms with E-state index in [0.717, 1.165) is 0 Å². The summed E-state index contributed by atoms with van der Waals surface area (Å²) in [6, 6.07) is 17.6. The lowest BCUT2D eigenvalue weighted by Crippen LogP contribution is -2.17. The Hall–Kier alpha value is -3.72. The Kier molecular flexibility index (Phi) is 5.20. The van der Waals surface area contributed by atoms with E-state index in [9.17, 15) is 9.59 Å². The summed E-state index contributed by atoms with van der Waals surface area (Å²) in [5.41, 5.74) is 1.60. The first kappa shape index (κ1) is 17.1. The highest BCUT2D eigenvalue weighted by atomic mass is 16.1. The van der Waals surface area contributed by atoms with Crippen LogP contribution in [-0.2, 0) is 11.3 Å². The van der Waals surface area contributed by atoms with Crippen LogP contribution in [0.15, 0.2) is 67.0 Å². The maximum absolute atomic E-state index is 12.5. The maximum Gasteiger partial charge on any atom is 0.228 e. The summed E-state index contributed by atoms with van der Waals surface area (Å²) in [5.74, 6) is -0.0832. The number of benzene rings is 2. The molecule has 1 heterocycles. The van der Waals surface area contributed by atoms with Crippen LogP contribution in [0.5, 0.6) is 0 Å². The fourth-order valence-electron chi connectivity index (χ4n) is 2.53. The van der Waals surface area contributed by atoms with Gasteiger partial charge in [-0.1, -0.05) is 36.4 Å². The van der Waals surface area contributed by atoms with Crippen LogP contribution in [0.2, 0.25) is 0 Å². The number of nitrogens with one attached hydrogen (secondary N) is 1. The maximum atomic E-state index is 12.5. The first-order valence-electron chi connectivity index (χ1n) is 8.08. The van der Waals surface area contributed by atoms with Crippen molar-refractivity contribution in [3.05, 3.63) is 83.9 Å². The van der Waals surface area contributed by atoms with E-state index in [-0.39, 0.29) is 18.1 Å². The SMILES string of the molecule is N#Cc1cccc(NC(=O)CCn2ccnc2C(=O)c2ccccc2)c1. The molecule has 1 amide bonds. The normalized spacial score (nSPS) is 10.1. The molecular weight excluding hydrogens is 328 g/mol. The molecule has 0 aliphatic rings. The van der Waals surface area contributed by atoms with Crippen molar-refractivity contribution in [3.8, 4) is 6.07 Å². The van der Waals surface area contributed by atoms with Crippen molar-refractivity contribution in [2.45, 2.75) is 13.0 Å². The zero-order valence-electron chi connectivity index (χ0n) is 13.9. The van der Waals surface area contributed by atoms with Gasteiger partial charge >= 0.3 is 0 Å². The Balaban J connectivity index is 1.64. The van der Waals surface area contributed by atoms with Crippen molar-refractivity contribution in [1.29, 1.82) is 5.26 Å². The molecule has 0 atom stereocenters. The van der Waals surface area contributed by atoms with Gasteiger partial charge in [-0.2, -0.15) is 5.26 Å². The van der Waals surface area contributed by atoms with Crippen LogP contribution in [-0.4, -0.2) is 21.2 Å². The topological polar surface area (TPSA) is 87.8 Å². The summed E-state index contributed by atoms with van der Waals surface area (Å²) in [6.07, 6.45) is 3.41. The van der Waals surface area contributed by atoms with Gasteiger partial charge in [-0.3, -0.25) is 9.59 Å². The Morgan fingerprint density at radius 1 is 1.12 bits per heavy atom. The summed E-state index contributed by atoms with van der Waals surface area (Å²) in [7, 11) is 0. The van der Waals surface area contributed by atoms with Crippen molar-refractivity contribution in [2.75, 3.05) is 5.32 Å². The molecule has 128 valence electrons. The van der Waals surface area contributed by atoms with Gasteiger partial charge in [0, 0.05) is 36.6 Å². The number of aryl methyl sites for hydroxylation is 1. The number of amides is 1. The zero-order valence-corrected chi connectivity index (χ0v) is 13.9. The first-order valence-corrected chi connectivity index (χ1v) is 8.08. The predicted molar refractivity (Wildman–Crippen MR) is 96.5 cm³/mol. The second-order valence-electron chi connectivity index (χ2n) is 5.63. The fourth-order valence-corrected chi connectivity index (χ4v) is 2.53. The van der Waals surface area contributed by atoms with Crippen LogP contribution >= 0.6 is 0 Å². The molecule has 26 heavy (non-hydrogen) atoms. The van der Waals surface area contributed by atoms with E-state index >= 15 is 0 Å². The molecule has 3 aromatic rings. The van der Waals surface area contributed by atoms with Crippen LogP contribution < -0.4 is 5.32 Å². The van der Waals surface area contributed by atoms with Gasteiger partial charge in [0.2, 0.25) is 11.7 Å². The smallest absolute Gasteiger partial charge is 0.228 e. The third-order valence-electron chi connectivity index (χ3n) is 3.81. The molecule has 0 saturated carbocycles. The van der Waals surface area contributed by atoms with Gasteiger partial charge in [-0.25, -0.2) is 4.98 Å². The lowest BCUT2D eigenvalue weighted by Gasteiger charge is -2.08. The molecule has 0 saturated heterocycles. The number of anilines is 1. The number of rotatable bonds is 6. The molecule has 0 bridgehead atoms. The standard InChI is InChI=1S/C20H16N4O2/c21-14-15-5-4-8-17(13-15)23-18(25)9-11-24-12-10-22-20(24)19(26)16-6-2-1-3-7-16/h1-8,10,12-13H,9,11H2,(H,23,25). The number of imidazole rings is 1. The molecule has 0 fully saturated rings. The average molecular weight is 344 g/mol. The van der Waals surface area contributed by atoms with Gasteiger partial charge < -0.3 is 9.88 Å². The Labute approximate surface area is 150 Å². The largest absolute Gasteiger partial charge is 0.328 e. The number of ketones is 1. The van der Waals surface area contributed by atoms with Gasteiger partial charge in [-0.05, 0) is 18.2 Å². The number of nitriles is 1. The third kappa shape index (κ3) is 4.02. The van der Waals surface area contributed by atoms with Crippen LogP contribution in [0.25, 0.3) is 0 Å². The highest BCUT2D eigenvalue weighted by Crippen LogP contribution is 2.12. The highest BCUT2D eigenvalue weighted by molar-refractivity contribution is 6.06. The van der Waals surface area contributed by atoms with Gasteiger partial charge in [0.15, 0.2) is 5.82 Å². The number of aromatic nitrogens is 2. The van der Waals surface area contributed by atoms with Crippen LogP contribution in [0, 0.1) is 11.3 Å². The molecule has 2 aromatic carbocycles. The molecule has 0 aliphatic carbocycles.